The van der Waals surface area contributed by atoms with Gasteiger partial charge in [-0.05, 0) is 63.6 Å². The van der Waals surface area contributed by atoms with Crippen molar-refractivity contribution in [3.63, 3.8) is 0 Å². The van der Waals surface area contributed by atoms with Crippen molar-refractivity contribution in [1.82, 2.24) is 10.6 Å². The summed E-state index contributed by atoms with van der Waals surface area (Å²) >= 11 is 0. The average molecular weight is 384 g/mol. The molecule has 6 nitrogen and oxygen atoms in total. The minimum Gasteiger partial charge on any atom is -0.491 e. The molecule has 0 spiro atoms. The summed E-state index contributed by atoms with van der Waals surface area (Å²) in [6, 6.07) is 12.8. The van der Waals surface area contributed by atoms with Crippen molar-refractivity contribution < 1.29 is 19.1 Å². The number of aryl methyl sites for hydroxylation is 2. The minimum atomic E-state index is -0.308. The second-order valence-corrected chi connectivity index (χ2v) is 6.84. The predicted molar refractivity (Wildman–Crippen MR) is 109 cm³/mol. The summed E-state index contributed by atoms with van der Waals surface area (Å²) in [7, 11) is 0. The van der Waals surface area contributed by atoms with Crippen molar-refractivity contribution in [2.75, 3.05) is 19.7 Å². The van der Waals surface area contributed by atoms with Crippen molar-refractivity contribution in [1.29, 1.82) is 0 Å². The van der Waals surface area contributed by atoms with Gasteiger partial charge in [-0.3, -0.25) is 9.59 Å². The first-order valence-corrected chi connectivity index (χ1v) is 9.37. The summed E-state index contributed by atoms with van der Waals surface area (Å²) in [6.45, 7) is 8.52. The van der Waals surface area contributed by atoms with E-state index >= 15 is 0 Å². The van der Waals surface area contributed by atoms with E-state index in [0.29, 0.717) is 24.5 Å². The van der Waals surface area contributed by atoms with Crippen LogP contribution in [0.5, 0.6) is 11.5 Å². The fourth-order valence-corrected chi connectivity index (χ4v) is 2.59. The van der Waals surface area contributed by atoms with Gasteiger partial charge < -0.3 is 20.1 Å². The molecule has 28 heavy (non-hydrogen) atoms. The molecule has 0 aliphatic rings. The first kappa shape index (κ1) is 21.3. The van der Waals surface area contributed by atoms with Gasteiger partial charge in [-0.15, -0.1) is 0 Å². The van der Waals surface area contributed by atoms with Crippen LogP contribution in [0, 0.1) is 13.8 Å². The molecular formula is C22H28N2O4. The lowest BCUT2D eigenvalue weighted by Crippen LogP contribution is -2.38. The number of hydrogen-bond donors (Lipinski definition) is 2. The maximum absolute atomic E-state index is 12.1. The highest BCUT2D eigenvalue weighted by molar-refractivity contribution is 5.96. The lowest BCUT2D eigenvalue weighted by Gasteiger charge is -2.11. The summed E-state index contributed by atoms with van der Waals surface area (Å²) in [5, 5.41) is 5.32. The zero-order valence-electron chi connectivity index (χ0n) is 16.9. The fourth-order valence-electron chi connectivity index (χ4n) is 2.59. The molecule has 2 aromatic rings. The number of nitrogens with one attached hydrogen (secondary N) is 2. The Morgan fingerprint density at radius 3 is 2.36 bits per heavy atom. The van der Waals surface area contributed by atoms with Crippen LogP contribution in [0.2, 0.25) is 0 Å². The monoisotopic (exact) mass is 384 g/mol. The van der Waals surface area contributed by atoms with Gasteiger partial charge in [0, 0.05) is 5.56 Å². The lowest BCUT2D eigenvalue weighted by atomic mass is 10.1. The zero-order valence-corrected chi connectivity index (χ0v) is 16.9. The first-order valence-electron chi connectivity index (χ1n) is 9.37. The molecule has 0 aromatic heterocycles. The normalized spacial score (nSPS) is 10.5. The molecule has 0 aliphatic heterocycles. The highest BCUT2D eigenvalue weighted by Gasteiger charge is 2.08. The van der Waals surface area contributed by atoms with E-state index in [-0.39, 0.29) is 24.5 Å². The largest absolute Gasteiger partial charge is 0.491 e. The zero-order chi connectivity index (χ0) is 20.5. The Morgan fingerprint density at radius 2 is 1.71 bits per heavy atom. The number of carbonyl (C=O) groups is 2. The summed E-state index contributed by atoms with van der Waals surface area (Å²) in [5.74, 6) is 0.932. The van der Waals surface area contributed by atoms with Crippen LogP contribution in [0.4, 0.5) is 0 Å². The number of ether oxygens (including phenoxy) is 2. The number of rotatable bonds is 9. The number of carbonyl (C=O) groups excluding carboxylic acids is 2. The van der Waals surface area contributed by atoms with Crippen LogP contribution in [-0.2, 0) is 4.79 Å². The third-order valence-corrected chi connectivity index (χ3v) is 3.91. The van der Waals surface area contributed by atoms with E-state index in [1.165, 1.54) is 5.56 Å². The Kier molecular flexibility index (Phi) is 7.87. The maximum Gasteiger partial charge on any atom is 0.251 e. The minimum absolute atomic E-state index is 0.0716. The van der Waals surface area contributed by atoms with E-state index < -0.39 is 0 Å². The van der Waals surface area contributed by atoms with Crippen molar-refractivity contribution >= 4 is 11.8 Å². The Morgan fingerprint density at radius 1 is 1.00 bits per heavy atom. The SMILES string of the molecule is Cc1ccc(OCCNC(=O)CNC(=O)c2ccc(OC(C)C)cc2)c(C)c1. The van der Waals surface area contributed by atoms with Gasteiger partial charge in [-0.2, -0.15) is 0 Å². The standard InChI is InChI=1S/C22H28N2O4/c1-15(2)28-19-8-6-18(7-9-19)22(26)24-14-21(25)23-11-12-27-20-10-5-16(3)13-17(20)4/h5-10,13,15H,11-12,14H2,1-4H3,(H,23,25)(H,24,26). The maximum atomic E-state index is 12.1. The third-order valence-electron chi connectivity index (χ3n) is 3.91. The molecule has 0 unspecified atom stereocenters. The molecule has 150 valence electrons. The Balaban J connectivity index is 1.68. The summed E-state index contributed by atoms with van der Waals surface area (Å²) in [6.07, 6.45) is 0.0716. The molecule has 0 heterocycles. The van der Waals surface area contributed by atoms with E-state index in [4.69, 9.17) is 9.47 Å². The molecule has 0 aliphatic carbocycles. The molecule has 0 saturated carbocycles. The van der Waals surface area contributed by atoms with Crippen LogP contribution in [0.3, 0.4) is 0 Å². The summed E-state index contributed by atoms with van der Waals surface area (Å²) in [5.41, 5.74) is 2.71. The van der Waals surface area contributed by atoms with Crippen LogP contribution >= 0.6 is 0 Å². The van der Waals surface area contributed by atoms with E-state index in [1.54, 1.807) is 24.3 Å². The molecule has 0 atom stereocenters. The topological polar surface area (TPSA) is 76.7 Å². The van der Waals surface area contributed by atoms with Gasteiger partial charge in [-0.25, -0.2) is 0 Å². The molecule has 0 bridgehead atoms. The fraction of sp³-hybridized carbons (Fsp3) is 0.364. The van der Waals surface area contributed by atoms with Crippen molar-refractivity contribution in [2.24, 2.45) is 0 Å². The van der Waals surface area contributed by atoms with Gasteiger partial charge in [0.05, 0.1) is 19.2 Å². The number of amides is 2. The van der Waals surface area contributed by atoms with E-state index in [0.717, 1.165) is 11.3 Å². The average Bonchev–Trinajstić information content (AvgIpc) is 2.65. The van der Waals surface area contributed by atoms with Gasteiger partial charge in [-0.1, -0.05) is 17.7 Å². The van der Waals surface area contributed by atoms with Gasteiger partial charge in [0.1, 0.15) is 18.1 Å². The van der Waals surface area contributed by atoms with Gasteiger partial charge in [0.15, 0.2) is 0 Å². The Hall–Kier alpha value is -3.02. The molecule has 0 fully saturated rings. The highest BCUT2D eigenvalue weighted by Crippen LogP contribution is 2.18. The van der Waals surface area contributed by atoms with Gasteiger partial charge >= 0.3 is 0 Å². The third kappa shape index (κ3) is 6.95. The predicted octanol–water partition coefficient (Wildman–Crippen LogP) is 3.02. The van der Waals surface area contributed by atoms with E-state index in [1.807, 2.05) is 45.9 Å². The van der Waals surface area contributed by atoms with Crippen LogP contribution in [0.25, 0.3) is 0 Å². The van der Waals surface area contributed by atoms with Crippen molar-refractivity contribution in [3.05, 3.63) is 59.2 Å². The molecule has 0 radical (unpaired) electrons. The van der Waals surface area contributed by atoms with Gasteiger partial charge in [0.25, 0.3) is 5.91 Å². The Labute approximate surface area is 166 Å². The molecule has 2 aromatic carbocycles. The first-order chi connectivity index (χ1) is 13.3. The van der Waals surface area contributed by atoms with Crippen molar-refractivity contribution in [2.45, 2.75) is 33.8 Å². The number of benzene rings is 2. The number of hydrogen-bond acceptors (Lipinski definition) is 4. The Bertz CT molecular complexity index is 801. The van der Waals surface area contributed by atoms with Crippen LogP contribution in [-0.4, -0.2) is 37.6 Å². The summed E-state index contributed by atoms with van der Waals surface area (Å²) in [4.78, 5) is 24.0. The second kappa shape index (κ2) is 10.3. The van der Waals surface area contributed by atoms with Crippen LogP contribution in [0.15, 0.2) is 42.5 Å². The van der Waals surface area contributed by atoms with Crippen LogP contribution in [0.1, 0.15) is 35.3 Å². The van der Waals surface area contributed by atoms with E-state index in [2.05, 4.69) is 10.6 Å². The molecule has 2 N–H and O–H groups in total. The highest BCUT2D eigenvalue weighted by atomic mass is 16.5. The van der Waals surface area contributed by atoms with Gasteiger partial charge in [0.2, 0.25) is 5.91 Å². The smallest absolute Gasteiger partial charge is 0.251 e. The quantitative estimate of drug-likeness (QED) is 0.652. The molecule has 6 heteroatoms. The molecule has 2 amide bonds. The lowest BCUT2D eigenvalue weighted by molar-refractivity contribution is -0.120. The second-order valence-electron chi connectivity index (χ2n) is 6.84. The summed E-state index contributed by atoms with van der Waals surface area (Å²) < 4.78 is 11.2. The molecule has 2 rings (SSSR count). The van der Waals surface area contributed by atoms with Crippen molar-refractivity contribution in [3.8, 4) is 11.5 Å². The van der Waals surface area contributed by atoms with Crippen LogP contribution < -0.4 is 20.1 Å². The van der Waals surface area contributed by atoms with E-state index in [9.17, 15) is 9.59 Å². The molecular weight excluding hydrogens is 356 g/mol. The molecule has 0 saturated heterocycles.